The Bertz CT molecular complexity index is 374. The lowest BCUT2D eigenvalue weighted by Crippen LogP contribution is -2.41. The summed E-state index contributed by atoms with van der Waals surface area (Å²) in [6.45, 7) is 10.5. The molecule has 1 fully saturated rings. The molecule has 0 aromatic heterocycles. The van der Waals surface area contributed by atoms with Gasteiger partial charge in [-0.1, -0.05) is 6.08 Å². The Balaban J connectivity index is 2.17. The van der Waals surface area contributed by atoms with E-state index in [0.29, 0.717) is 0 Å². The summed E-state index contributed by atoms with van der Waals surface area (Å²) >= 11 is 0. The molecule has 1 unspecified atom stereocenters. The number of nitrogens with one attached hydrogen (secondary N) is 1. The van der Waals surface area contributed by atoms with E-state index < -0.39 is 0 Å². The Hall–Kier alpha value is -0.645. The summed E-state index contributed by atoms with van der Waals surface area (Å²) in [6, 6.07) is -0.201. The van der Waals surface area contributed by atoms with Gasteiger partial charge in [-0.3, -0.25) is 4.79 Å². The number of ketones is 1. The van der Waals surface area contributed by atoms with Crippen LogP contribution in [0.3, 0.4) is 0 Å². The molecule has 4 nitrogen and oxygen atoms in total. The predicted octanol–water partition coefficient (Wildman–Crippen LogP) is 1.50. The van der Waals surface area contributed by atoms with E-state index in [1.807, 2.05) is 33.8 Å². The lowest BCUT2D eigenvalue weighted by molar-refractivity contribution is -0.118. The molecule has 5 heteroatoms. The van der Waals surface area contributed by atoms with Crippen molar-refractivity contribution in [3.05, 3.63) is 11.5 Å². The van der Waals surface area contributed by atoms with E-state index in [9.17, 15) is 4.79 Å². The summed E-state index contributed by atoms with van der Waals surface area (Å²) < 4.78 is 12.0. The van der Waals surface area contributed by atoms with Gasteiger partial charge in [0.05, 0.1) is 17.2 Å². The molecule has 0 aliphatic carbocycles. The predicted molar refractivity (Wildman–Crippen MR) is 71.3 cm³/mol. The first kappa shape index (κ1) is 13.8. The summed E-state index contributed by atoms with van der Waals surface area (Å²) in [5.74, 6) is 0.128. The van der Waals surface area contributed by atoms with Gasteiger partial charge in [0.15, 0.2) is 5.78 Å². The molecular formula is C13H22BNO3. The standard InChI is InChI=1S/C13H22BNO3/c1-9(16)11-8-10(6-7-15-11)14-17-12(2,3)13(4,5)18-14/h8,11,15H,6-7H2,1-5H3. The van der Waals surface area contributed by atoms with Crippen molar-refractivity contribution in [2.75, 3.05) is 6.54 Å². The Morgan fingerprint density at radius 3 is 2.39 bits per heavy atom. The van der Waals surface area contributed by atoms with E-state index in [1.54, 1.807) is 6.92 Å². The first-order valence-corrected chi connectivity index (χ1v) is 6.53. The summed E-state index contributed by atoms with van der Waals surface area (Å²) in [4.78, 5) is 11.4. The van der Waals surface area contributed by atoms with Gasteiger partial charge < -0.3 is 14.6 Å². The molecule has 2 aliphatic rings. The number of carbonyl (C=O) groups is 1. The Labute approximate surface area is 109 Å². The van der Waals surface area contributed by atoms with E-state index >= 15 is 0 Å². The van der Waals surface area contributed by atoms with E-state index in [-0.39, 0.29) is 30.1 Å². The summed E-state index contributed by atoms with van der Waals surface area (Å²) in [7, 11) is -0.320. The maximum Gasteiger partial charge on any atom is 0.490 e. The Kier molecular flexibility index (Phi) is 3.43. The number of hydrogen-bond acceptors (Lipinski definition) is 4. The third-order valence-electron chi connectivity index (χ3n) is 4.15. The molecule has 2 aliphatic heterocycles. The fourth-order valence-corrected chi connectivity index (χ4v) is 2.18. The van der Waals surface area contributed by atoms with E-state index in [0.717, 1.165) is 18.4 Å². The van der Waals surface area contributed by atoms with Gasteiger partial charge in [-0.2, -0.15) is 0 Å². The van der Waals surface area contributed by atoms with Gasteiger partial charge in [0.25, 0.3) is 0 Å². The Morgan fingerprint density at radius 2 is 1.89 bits per heavy atom. The molecule has 1 N–H and O–H groups in total. The lowest BCUT2D eigenvalue weighted by Gasteiger charge is -2.32. The smallest absolute Gasteiger partial charge is 0.400 e. The number of Topliss-reactive ketones (excluding diaryl/α,β-unsaturated/α-hetero) is 1. The molecule has 1 atom stereocenters. The molecule has 0 spiro atoms. The van der Waals surface area contributed by atoms with Crippen LogP contribution in [0.5, 0.6) is 0 Å². The molecule has 0 aromatic rings. The van der Waals surface area contributed by atoms with Gasteiger partial charge in [0.1, 0.15) is 0 Å². The molecule has 2 rings (SSSR count). The van der Waals surface area contributed by atoms with Gasteiger partial charge in [-0.25, -0.2) is 0 Å². The molecule has 0 aromatic carbocycles. The van der Waals surface area contributed by atoms with Gasteiger partial charge in [0, 0.05) is 0 Å². The van der Waals surface area contributed by atoms with Crippen molar-refractivity contribution in [1.29, 1.82) is 0 Å². The van der Waals surface area contributed by atoms with Gasteiger partial charge in [0.2, 0.25) is 0 Å². The third kappa shape index (κ3) is 2.39. The highest BCUT2D eigenvalue weighted by Crippen LogP contribution is 2.39. The second-order valence-corrected chi connectivity index (χ2v) is 6.12. The van der Waals surface area contributed by atoms with Crippen LogP contribution in [-0.2, 0) is 14.1 Å². The number of carbonyl (C=O) groups excluding carboxylic acids is 1. The lowest BCUT2D eigenvalue weighted by atomic mass is 9.73. The minimum Gasteiger partial charge on any atom is -0.400 e. The molecule has 0 amide bonds. The van der Waals surface area contributed by atoms with Crippen molar-refractivity contribution in [1.82, 2.24) is 5.32 Å². The highest BCUT2D eigenvalue weighted by molar-refractivity contribution is 6.54. The van der Waals surface area contributed by atoms with Crippen LogP contribution in [0.2, 0.25) is 0 Å². The zero-order valence-corrected chi connectivity index (χ0v) is 11.9. The van der Waals surface area contributed by atoms with Crippen LogP contribution < -0.4 is 5.32 Å². The van der Waals surface area contributed by atoms with Crippen LogP contribution in [-0.4, -0.2) is 36.7 Å². The van der Waals surface area contributed by atoms with Crippen molar-refractivity contribution < 1.29 is 14.1 Å². The van der Waals surface area contributed by atoms with Gasteiger partial charge >= 0.3 is 7.12 Å². The molecule has 1 saturated heterocycles. The minimum absolute atomic E-state index is 0.128. The Morgan fingerprint density at radius 1 is 1.33 bits per heavy atom. The van der Waals surface area contributed by atoms with E-state index in [2.05, 4.69) is 5.32 Å². The summed E-state index contributed by atoms with van der Waals surface area (Å²) in [5.41, 5.74) is 0.428. The average molecular weight is 251 g/mol. The maximum atomic E-state index is 11.4. The van der Waals surface area contributed by atoms with Crippen LogP contribution in [0.15, 0.2) is 11.5 Å². The second kappa shape index (κ2) is 4.47. The summed E-state index contributed by atoms with van der Waals surface area (Å²) in [5, 5.41) is 3.18. The zero-order valence-electron chi connectivity index (χ0n) is 11.9. The van der Waals surface area contributed by atoms with Gasteiger partial charge in [-0.05, 0) is 53.1 Å². The normalized spacial score (nSPS) is 30.2. The maximum absolute atomic E-state index is 11.4. The topological polar surface area (TPSA) is 47.6 Å². The van der Waals surface area contributed by atoms with Crippen molar-refractivity contribution in [3.8, 4) is 0 Å². The summed E-state index contributed by atoms with van der Waals surface area (Å²) in [6.07, 6.45) is 2.81. The largest absolute Gasteiger partial charge is 0.490 e. The molecule has 0 saturated carbocycles. The minimum atomic E-state index is -0.324. The number of rotatable bonds is 2. The molecule has 2 heterocycles. The van der Waals surface area contributed by atoms with Crippen LogP contribution in [0, 0.1) is 0 Å². The fourth-order valence-electron chi connectivity index (χ4n) is 2.18. The van der Waals surface area contributed by atoms with E-state index in [4.69, 9.17) is 9.31 Å². The molecule has 100 valence electrons. The number of hydrogen-bond donors (Lipinski definition) is 1. The fraction of sp³-hybridized carbons (Fsp3) is 0.769. The highest BCUT2D eigenvalue weighted by atomic mass is 16.7. The van der Waals surface area contributed by atoms with Crippen molar-refractivity contribution in [3.63, 3.8) is 0 Å². The molecule has 0 radical (unpaired) electrons. The van der Waals surface area contributed by atoms with Crippen LogP contribution in [0.25, 0.3) is 0 Å². The van der Waals surface area contributed by atoms with Crippen LogP contribution in [0.1, 0.15) is 41.0 Å². The van der Waals surface area contributed by atoms with Crippen molar-refractivity contribution in [2.24, 2.45) is 0 Å². The molecular weight excluding hydrogens is 229 g/mol. The third-order valence-corrected chi connectivity index (χ3v) is 4.15. The van der Waals surface area contributed by atoms with Crippen molar-refractivity contribution in [2.45, 2.75) is 58.3 Å². The van der Waals surface area contributed by atoms with Crippen LogP contribution >= 0.6 is 0 Å². The SMILES string of the molecule is CC(=O)C1C=C(B2OC(C)(C)C(C)(C)O2)CCN1. The first-order chi connectivity index (χ1) is 8.23. The molecule has 18 heavy (non-hydrogen) atoms. The second-order valence-electron chi connectivity index (χ2n) is 6.12. The monoisotopic (exact) mass is 251 g/mol. The first-order valence-electron chi connectivity index (χ1n) is 6.53. The van der Waals surface area contributed by atoms with Crippen LogP contribution in [0.4, 0.5) is 0 Å². The average Bonchev–Trinajstić information content (AvgIpc) is 2.48. The zero-order chi connectivity index (χ0) is 13.6. The quantitative estimate of drug-likeness (QED) is 0.755. The van der Waals surface area contributed by atoms with Crippen molar-refractivity contribution >= 4 is 12.9 Å². The highest BCUT2D eigenvalue weighted by Gasteiger charge is 2.52. The van der Waals surface area contributed by atoms with E-state index in [1.165, 1.54) is 0 Å². The van der Waals surface area contributed by atoms with Gasteiger partial charge in [-0.15, -0.1) is 0 Å². The molecule has 0 bridgehead atoms.